The van der Waals surface area contributed by atoms with Crippen molar-refractivity contribution in [2.24, 2.45) is 10.1 Å². The number of para-hydroxylation sites is 1. The number of aliphatic imine (C=N–C) groups is 1. The van der Waals surface area contributed by atoms with Crippen molar-refractivity contribution in [3.63, 3.8) is 0 Å². The van der Waals surface area contributed by atoms with Gasteiger partial charge in [0.1, 0.15) is 5.69 Å². The molecule has 172 valence electrons. The highest BCUT2D eigenvalue weighted by Gasteiger charge is 2.11. The van der Waals surface area contributed by atoms with Crippen molar-refractivity contribution >= 4 is 60.5 Å². The molecule has 1 heterocycles. The van der Waals surface area contributed by atoms with E-state index in [2.05, 4.69) is 42.4 Å². The Labute approximate surface area is 215 Å². The van der Waals surface area contributed by atoms with E-state index in [1.165, 1.54) is 0 Å². The molecule has 4 aromatic rings. The van der Waals surface area contributed by atoms with E-state index in [0.717, 1.165) is 36.7 Å². The summed E-state index contributed by atoms with van der Waals surface area (Å²) in [5, 5.41) is 5.48. The van der Waals surface area contributed by atoms with Gasteiger partial charge in [-0.05, 0) is 92.4 Å². The monoisotopic (exact) mass is 580 g/mol. The smallest absolute Gasteiger partial charge is 0.173 e. The fourth-order valence-corrected chi connectivity index (χ4v) is 4.94. The largest absolute Gasteiger partial charge is 0.493 e. The summed E-state index contributed by atoms with van der Waals surface area (Å²) in [6, 6.07) is 21.5. The Bertz CT molecular complexity index is 1380. The third-order valence-electron chi connectivity index (χ3n) is 5.02. The lowest BCUT2D eigenvalue weighted by molar-refractivity contribution is 0.355. The second-order valence-electron chi connectivity index (χ2n) is 7.41. The highest BCUT2D eigenvalue weighted by Crippen LogP contribution is 2.35. The summed E-state index contributed by atoms with van der Waals surface area (Å²) in [5.74, 6) is 1.79. The first-order valence-electron chi connectivity index (χ1n) is 10.4. The van der Waals surface area contributed by atoms with Crippen molar-refractivity contribution in [2.75, 3.05) is 14.2 Å². The van der Waals surface area contributed by atoms with Gasteiger partial charge >= 0.3 is 0 Å². The third kappa shape index (κ3) is 5.46. The van der Waals surface area contributed by atoms with Gasteiger partial charge in [0.25, 0.3) is 0 Å². The molecule has 0 unspecified atom stereocenters. The van der Waals surface area contributed by atoms with Gasteiger partial charge in [-0.25, -0.2) is 9.98 Å². The number of hydrogen-bond acceptors (Lipinski definition) is 5. The van der Waals surface area contributed by atoms with Gasteiger partial charge in [0, 0.05) is 14.3 Å². The molecule has 0 bridgehead atoms. The predicted octanol–water partition coefficient (Wildman–Crippen LogP) is 6.79. The molecule has 0 aliphatic carbocycles. The number of hydrogen-bond donors (Lipinski definition) is 1. The zero-order chi connectivity index (χ0) is 24.1. The van der Waals surface area contributed by atoms with Gasteiger partial charge in [0.2, 0.25) is 0 Å². The average Bonchev–Trinajstić information content (AvgIpc) is 2.84. The number of nitrogens with zero attached hydrogens (tertiary/aromatic N) is 3. The molecule has 0 radical (unpaired) electrons. The summed E-state index contributed by atoms with van der Waals surface area (Å²) >= 11 is 7.25. The molecule has 0 spiro atoms. The Hall–Kier alpha value is -3.23. The van der Waals surface area contributed by atoms with Crippen LogP contribution in [0.2, 0.25) is 0 Å². The number of nitrogens with one attached hydrogen (secondary N) is 1. The predicted molar refractivity (Wildman–Crippen MR) is 145 cm³/mol. The lowest BCUT2D eigenvalue weighted by Gasteiger charge is -2.10. The number of ether oxygens (including phenoxy) is 2. The molecular weight excluding hydrogens is 560 g/mol. The van der Waals surface area contributed by atoms with Crippen LogP contribution in [0.3, 0.4) is 0 Å². The SMILES string of the molecule is COc1ccc(C=NNC(=Nc2c(Br)cc(C)cc2Br)c2ccc3ccccc3n2)cc1OC. The van der Waals surface area contributed by atoms with E-state index in [9.17, 15) is 0 Å². The van der Waals surface area contributed by atoms with E-state index in [0.29, 0.717) is 23.0 Å². The normalized spacial score (nSPS) is 11.7. The molecule has 1 aromatic heterocycles. The number of hydrazone groups is 1. The molecule has 3 aromatic carbocycles. The first-order valence-corrected chi connectivity index (χ1v) is 12.0. The summed E-state index contributed by atoms with van der Waals surface area (Å²) in [6.07, 6.45) is 1.69. The highest BCUT2D eigenvalue weighted by molar-refractivity contribution is 9.11. The number of aromatic nitrogens is 1. The zero-order valence-corrected chi connectivity index (χ0v) is 22.0. The van der Waals surface area contributed by atoms with Crippen molar-refractivity contribution in [1.29, 1.82) is 0 Å². The molecule has 0 atom stereocenters. The molecule has 0 fully saturated rings. The van der Waals surface area contributed by atoms with E-state index in [4.69, 9.17) is 19.5 Å². The van der Waals surface area contributed by atoms with Gasteiger partial charge in [0.15, 0.2) is 17.3 Å². The number of pyridine rings is 1. The number of rotatable bonds is 6. The van der Waals surface area contributed by atoms with E-state index in [1.54, 1.807) is 20.4 Å². The summed E-state index contributed by atoms with van der Waals surface area (Å²) in [7, 11) is 3.21. The van der Waals surface area contributed by atoms with Crippen LogP contribution in [-0.2, 0) is 0 Å². The number of halogens is 2. The molecule has 6 nitrogen and oxygen atoms in total. The summed E-state index contributed by atoms with van der Waals surface area (Å²) in [6.45, 7) is 2.03. The fourth-order valence-electron chi connectivity index (χ4n) is 3.35. The third-order valence-corrected chi connectivity index (χ3v) is 6.23. The Balaban J connectivity index is 1.73. The van der Waals surface area contributed by atoms with Crippen LogP contribution in [0.15, 0.2) is 85.8 Å². The van der Waals surface area contributed by atoms with E-state index < -0.39 is 0 Å². The van der Waals surface area contributed by atoms with Crippen molar-refractivity contribution in [3.05, 3.63) is 92.5 Å². The Morgan fingerprint density at radius 1 is 0.912 bits per heavy atom. The van der Waals surface area contributed by atoms with Crippen molar-refractivity contribution in [2.45, 2.75) is 6.92 Å². The molecule has 1 N–H and O–H groups in total. The minimum absolute atomic E-state index is 0.507. The molecule has 0 aliphatic heterocycles. The molecule has 0 amide bonds. The van der Waals surface area contributed by atoms with Crippen LogP contribution in [0, 0.1) is 6.92 Å². The van der Waals surface area contributed by atoms with Crippen LogP contribution in [-0.4, -0.2) is 31.3 Å². The van der Waals surface area contributed by atoms with Gasteiger partial charge in [0.05, 0.1) is 31.6 Å². The second kappa shape index (κ2) is 10.8. The van der Waals surface area contributed by atoms with Crippen molar-refractivity contribution in [1.82, 2.24) is 10.4 Å². The second-order valence-corrected chi connectivity index (χ2v) is 9.12. The fraction of sp³-hybridized carbons (Fsp3) is 0.115. The van der Waals surface area contributed by atoms with Crippen molar-refractivity contribution < 1.29 is 9.47 Å². The maximum atomic E-state index is 5.38. The molecule has 4 rings (SSSR count). The molecule has 8 heteroatoms. The van der Waals surface area contributed by atoms with Crippen LogP contribution in [0.25, 0.3) is 10.9 Å². The quantitative estimate of drug-likeness (QED) is 0.155. The lowest BCUT2D eigenvalue weighted by atomic mass is 10.2. The number of benzene rings is 3. The summed E-state index contributed by atoms with van der Waals surface area (Å²) in [4.78, 5) is 9.65. The number of amidine groups is 1. The van der Waals surface area contributed by atoms with Crippen LogP contribution in [0.5, 0.6) is 11.5 Å². The van der Waals surface area contributed by atoms with E-state index >= 15 is 0 Å². The summed E-state index contributed by atoms with van der Waals surface area (Å²) in [5.41, 5.74) is 7.32. The van der Waals surface area contributed by atoms with Crippen molar-refractivity contribution in [3.8, 4) is 11.5 Å². The molecular formula is C26H22Br2N4O2. The Morgan fingerprint density at radius 2 is 1.65 bits per heavy atom. The van der Waals surface area contributed by atoms with Crippen LogP contribution in [0.1, 0.15) is 16.8 Å². The maximum Gasteiger partial charge on any atom is 0.173 e. The highest BCUT2D eigenvalue weighted by atomic mass is 79.9. The zero-order valence-electron chi connectivity index (χ0n) is 18.8. The van der Waals surface area contributed by atoms with Gasteiger partial charge < -0.3 is 9.47 Å². The van der Waals surface area contributed by atoms with Crippen LogP contribution in [0.4, 0.5) is 5.69 Å². The topological polar surface area (TPSA) is 68.1 Å². The molecule has 0 saturated carbocycles. The van der Waals surface area contributed by atoms with Crippen LogP contribution < -0.4 is 14.9 Å². The minimum Gasteiger partial charge on any atom is -0.493 e. The first-order chi connectivity index (χ1) is 16.5. The lowest BCUT2D eigenvalue weighted by Crippen LogP contribution is -2.20. The number of methoxy groups -OCH3 is 2. The summed E-state index contributed by atoms with van der Waals surface area (Å²) < 4.78 is 12.4. The average molecular weight is 582 g/mol. The van der Waals surface area contributed by atoms with Gasteiger partial charge in [-0.3, -0.25) is 5.43 Å². The number of aryl methyl sites for hydroxylation is 1. The first kappa shape index (κ1) is 23.9. The van der Waals surface area contributed by atoms with Crippen LogP contribution >= 0.6 is 31.9 Å². The molecule has 0 aliphatic rings. The Morgan fingerprint density at radius 3 is 2.38 bits per heavy atom. The molecule has 0 saturated heterocycles. The van der Waals surface area contributed by atoms with Gasteiger partial charge in [-0.15, -0.1) is 0 Å². The van der Waals surface area contributed by atoms with E-state index in [-0.39, 0.29) is 0 Å². The Kier molecular flexibility index (Phi) is 7.59. The van der Waals surface area contributed by atoms with Gasteiger partial charge in [-0.1, -0.05) is 24.3 Å². The standard InChI is InChI=1S/C26H22Br2N4O2/c1-16-12-19(27)25(20(28)13-16)31-26(22-10-9-18-6-4-5-7-21(18)30-22)32-29-15-17-8-11-23(33-2)24(14-17)34-3/h4-15H,1-3H3,(H,31,32). The molecule has 34 heavy (non-hydrogen) atoms. The minimum atomic E-state index is 0.507. The maximum absolute atomic E-state index is 5.38. The number of fused-ring (bicyclic) bond motifs is 1. The van der Waals surface area contributed by atoms with E-state index in [1.807, 2.05) is 73.7 Å². The van der Waals surface area contributed by atoms with Gasteiger partial charge in [-0.2, -0.15) is 5.10 Å².